The van der Waals surface area contributed by atoms with E-state index in [0.29, 0.717) is 12.7 Å². The largest absolute Gasteiger partial charge is 0.455 e. The first-order valence-electron chi connectivity index (χ1n) is 5.25. The van der Waals surface area contributed by atoms with Gasteiger partial charge in [-0.3, -0.25) is 4.79 Å². The van der Waals surface area contributed by atoms with E-state index in [1.807, 2.05) is 0 Å². The number of carbonyl (C=O) groups is 2. The van der Waals surface area contributed by atoms with E-state index >= 15 is 0 Å². The van der Waals surface area contributed by atoms with Crippen LogP contribution in [-0.2, 0) is 23.8 Å². The summed E-state index contributed by atoms with van der Waals surface area (Å²) in [6, 6.07) is 0. The Hall–Kier alpha value is -1.46. The Bertz CT molecular complexity index is 334. The minimum atomic E-state index is -1.07. The lowest BCUT2D eigenvalue weighted by molar-refractivity contribution is -0.142. The Morgan fingerprint density at radius 2 is 2.41 bits per heavy atom. The average Bonchev–Trinajstić information content (AvgIpc) is 2.34. The van der Waals surface area contributed by atoms with Gasteiger partial charge in [0.2, 0.25) is 0 Å². The molecule has 0 saturated carbocycles. The van der Waals surface area contributed by atoms with E-state index in [4.69, 9.17) is 14.2 Å². The number of aldehydes is 1. The highest BCUT2D eigenvalue weighted by atomic mass is 16.7. The molecule has 0 amide bonds. The highest BCUT2D eigenvalue weighted by molar-refractivity contribution is 5.83. The maximum Gasteiger partial charge on any atom is 0.331 e. The SMILES string of the molecule is COCO[C@](C)(C=O)/C=C/[C@H]1CC=CC(=O)O1. The maximum absolute atomic E-state index is 11.0. The van der Waals surface area contributed by atoms with Crippen LogP contribution in [0.25, 0.3) is 0 Å². The van der Waals surface area contributed by atoms with E-state index in [1.54, 1.807) is 25.2 Å². The van der Waals surface area contributed by atoms with Gasteiger partial charge in [-0.25, -0.2) is 4.79 Å². The lowest BCUT2D eigenvalue weighted by Crippen LogP contribution is -2.30. The molecule has 0 bridgehead atoms. The first kappa shape index (κ1) is 13.6. The molecule has 0 fully saturated rings. The third-order valence-corrected chi connectivity index (χ3v) is 2.25. The van der Waals surface area contributed by atoms with E-state index in [1.165, 1.54) is 13.2 Å². The number of carbonyl (C=O) groups excluding carboxylic acids is 2. The molecule has 1 aliphatic rings. The highest BCUT2D eigenvalue weighted by Gasteiger charge is 2.22. The van der Waals surface area contributed by atoms with Crippen molar-refractivity contribution in [3.8, 4) is 0 Å². The van der Waals surface area contributed by atoms with Crippen LogP contribution in [-0.4, -0.2) is 37.9 Å². The summed E-state index contributed by atoms with van der Waals surface area (Å²) in [4.78, 5) is 21.9. The molecule has 1 heterocycles. The Labute approximate surface area is 100 Å². The maximum atomic E-state index is 11.0. The second-order valence-electron chi connectivity index (χ2n) is 3.83. The van der Waals surface area contributed by atoms with Crippen molar-refractivity contribution in [2.45, 2.75) is 25.0 Å². The smallest absolute Gasteiger partial charge is 0.331 e. The normalized spacial score (nSPS) is 23.4. The second kappa shape index (κ2) is 6.32. The van der Waals surface area contributed by atoms with Gasteiger partial charge >= 0.3 is 5.97 Å². The van der Waals surface area contributed by atoms with Crippen LogP contribution in [0, 0.1) is 0 Å². The molecule has 0 N–H and O–H groups in total. The molecule has 1 rings (SSSR count). The standard InChI is InChI=1S/C12H16O5/c1-12(8-13,16-9-15-2)7-6-10-4-3-5-11(14)17-10/h3,5-8,10H,4,9H2,1-2H3/b7-6+/t10-,12+/m1/s1. The van der Waals surface area contributed by atoms with Gasteiger partial charge in [-0.2, -0.15) is 0 Å². The summed E-state index contributed by atoms with van der Waals surface area (Å²) in [5, 5.41) is 0. The summed E-state index contributed by atoms with van der Waals surface area (Å²) in [7, 11) is 1.47. The highest BCUT2D eigenvalue weighted by Crippen LogP contribution is 2.14. The van der Waals surface area contributed by atoms with E-state index in [2.05, 4.69) is 0 Å². The third kappa shape index (κ3) is 4.50. The van der Waals surface area contributed by atoms with Gasteiger partial charge in [0.05, 0.1) is 0 Å². The van der Waals surface area contributed by atoms with Gasteiger partial charge in [-0.05, 0) is 19.1 Å². The Morgan fingerprint density at radius 1 is 1.65 bits per heavy atom. The summed E-state index contributed by atoms with van der Waals surface area (Å²) in [5.74, 6) is -0.378. The number of hydrogen-bond donors (Lipinski definition) is 0. The summed E-state index contributed by atoms with van der Waals surface area (Å²) in [6.45, 7) is 1.62. The van der Waals surface area contributed by atoms with Gasteiger partial charge in [0.25, 0.3) is 0 Å². The van der Waals surface area contributed by atoms with E-state index < -0.39 is 5.60 Å². The summed E-state index contributed by atoms with van der Waals surface area (Å²) >= 11 is 0. The number of methoxy groups -OCH3 is 1. The first-order chi connectivity index (χ1) is 8.09. The van der Waals surface area contributed by atoms with Crippen molar-refractivity contribution in [2.75, 3.05) is 13.9 Å². The molecular weight excluding hydrogens is 224 g/mol. The summed E-state index contributed by atoms with van der Waals surface area (Å²) in [6.07, 6.45) is 7.24. The van der Waals surface area contributed by atoms with Gasteiger partial charge in [0.15, 0.2) is 6.29 Å². The quantitative estimate of drug-likeness (QED) is 0.300. The van der Waals surface area contributed by atoms with Crippen LogP contribution in [0.1, 0.15) is 13.3 Å². The van der Waals surface area contributed by atoms with Crippen molar-refractivity contribution in [2.24, 2.45) is 0 Å². The minimum absolute atomic E-state index is 0.0178. The molecule has 1 aliphatic heterocycles. The molecule has 5 nitrogen and oxygen atoms in total. The molecule has 5 heteroatoms. The van der Waals surface area contributed by atoms with Crippen LogP contribution >= 0.6 is 0 Å². The van der Waals surface area contributed by atoms with E-state index in [0.717, 1.165) is 0 Å². The van der Waals surface area contributed by atoms with Crippen LogP contribution < -0.4 is 0 Å². The van der Waals surface area contributed by atoms with Gasteiger partial charge < -0.3 is 14.2 Å². The fraction of sp³-hybridized carbons (Fsp3) is 0.500. The molecule has 0 aromatic heterocycles. The molecule has 0 radical (unpaired) electrons. The average molecular weight is 240 g/mol. The monoisotopic (exact) mass is 240 g/mol. The van der Waals surface area contributed by atoms with Crippen LogP contribution in [0.5, 0.6) is 0 Å². The van der Waals surface area contributed by atoms with Crippen molar-refractivity contribution < 1.29 is 23.8 Å². The number of rotatable bonds is 6. The fourth-order valence-electron chi connectivity index (χ4n) is 1.26. The molecule has 0 aromatic carbocycles. The first-order valence-corrected chi connectivity index (χ1v) is 5.25. The third-order valence-electron chi connectivity index (χ3n) is 2.25. The molecule has 0 saturated heterocycles. The number of cyclic esters (lactones) is 1. The molecular formula is C12H16O5. The number of ether oxygens (including phenoxy) is 3. The van der Waals surface area contributed by atoms with Crippen LogP contribution in [0.2, 0.25) is 0 Å². The van der Waals surface area contributed by atoms with Gasteiger partial charge in [0.1, 0.15) is 18.5 Å². The summed E-state index contributed by atoms with van der Waals surface area (Å²) < 4.78 is 15.0. The van der Waals surface area contributed by atoms with Gasteiger partial charge in [-0.15, -0.1) is 0 Å². The topological polar surface area (TPSA) is 61.8 Å². The molecule has 0 spiro atoms. The van der Waals surface area contributed by atoms with Crippen molar-refractivity contribution in [1.82, 2.24) is 0 Å². The number of esters is 1. The number of hydrogen-bond acceptors (Lipinski definition) is 5. The zero-order valence-corrected chi connectivity index (χ0v) is 9.92. The molecule has 17 heavy (non-hydrogen) atoms. The van der Waals surface area contributed by atoms with Crippen molar-refractivity contribution >= 4 is 12.3 Å². The Morgan fingerprint density at radius 3 is 3.00 bits per heavy atom. The molecule has 0 unspecified atom stereocenters. The van der Waals surface area contributed by atoms with Crippen molar-refractivity contribution in [3.63, 3.8) is 0 Å². The van der Waals surface area contributed by atoms with Crippen LogP contribution in [0.15, 0.2) is 24.3 Å². The fourth-order valence-corrected chi connectivity index (χ4v) is 1.26. The molecule has 0 aromatic rings. The van der Waals surface area contributed by atoms with E-state index in [-0.39, 0.29) is 18.9 Å². The van der Waals surface area contributed by atoms with Crippen molar-refractivity contribution in [1.29, 1.82) is 0 Å². The molecule has 2 atom stereocenters. The molecule has 94 valence electrons. The minimum Gasteiger partial charge on any atom is -0.455 e. The second-order valence-corrected chi connectivity index (χ2v) is 3.83. The Kier molecular flexibility index (Phi) is 5.06. The van der Waals surface area contributed by atoms with E-state index in [9.17, 15) is 9.59 Å². The van der Waals surface area contributed by atoms with Crippen LogP contribution in [0.4, 0.5) is 0 Å². The Balaban J connectivity index is 2.57. The predicted molar refractivity (Wildman–Crippen MR) is 60.2 cm³/mol. The predicted octanol–water partition coefficient (Wildman–Crippen LogP) is 0.992. The van der Waals surface area contributed by atoms with Gasteiger partial charge in [0, 0.05) is 19.6 Å². The lowest BCUT2D eigenvalue weighted by Gasteiger charge is -2.21. The van der Waals surface area contributed by atoms with Crippen LogP contribution in [0.3, 0.4) is 0 Å². The summed E-state index contributed by atoms with van der Waals surface area (Å²) in [5.41, 5.74) is -1.07. The zero-order valence-electron chi connectivity index (χ0n) is 9.92. The molecule has 0 aliphatic carbocycles. The van der Waals surface area contributed by atoms with Gasteiger partial charge in [-0.1, -0.05) is 6.08 Å². The zero-order chi connectivity index (χ0) is 12.7. The van der Waals surface area contributed by atoms with Crippen molar-refractivity contribution in [3.05, 3.63) is 24.3 Å². The lowest BCUT2D eigenvalue weighted by atomic mass is 10.1.